The summed E-state index contributed by atoms with van der Waals surface area (Å²) in [6.07, 6.45) is 2.34. The first kappa shape index (κ1) is 17.7. The highest BCUT2D eigenvalue weighted by atomic mass is 35.5. The molecule has 3 heterocycles. The maximum absolute atomic E-state index is 12.4. The van der Waals surface area contributed by atoms with Gasteiger partial charge in [-0.2, -0.15) is 0 Å². The Morgan fingerprint density at radius 3 is 2.56 bits per heavy atom. The van der Waals surface area contributed by atoms with Crippen LogP contribution in [0.2, 0.25) is 5.15 Å². The van der Waals surface area contributed by atoms with Gasteiger partial charge in [-0.15, -0.1) is 0 Å². The molecule has 8 heteroatoms. The first-order valence-electron chi connectivity index (χ1n) is 8.26. The average molecular weight is 365 g/mol. The summed E-state index contributed by atoms with van der Waals surface area (Å²) in [4.78, 5) is 34.5. The summed E-state index contributed by atoms with van der Waals surface area (Å²) in [5.41, 5.74) is -0.116. The predicted octanol–water partition coefficient (Wildman–Crippen LogP) is 3.02. The van der Waals surface area contributed by atoms with Crippen LogP contribution in [0.3, 0.4) is 0 Å². The molecular weight excluding hydrogens is 344 g/mol. The van der Waals surface area contributed by atoms with Crippen molar-refractivity contribution in [3.8, 4) is 0 Å². The summed E-state index contributed by atoms with van der Waals surface area (Å²) in [7, 11) is 0. The molecule has 0 aliphatic carbocycles. The number of rotatable bonds is 1. The molecule has 1 amide bonds. The number of nitrogens with zero attached hydrogens (tertiary/aromatic N) is 4. The zero-order chi connectivity index (χ0) is 18.2. The van der Waals surface area contributed by atoms with Crippen molar-refractivity contribution < 1.29 is 9.53 Å². The lowest BCUT2D eigenvalue weighted by Crippen LogP contribution is -2.43. The summed E-state index contributed by atoms with van der Waals surface area (Å²) in [6.45, 7) is 6.59. The molecule has 0 aromatic carbocycles. The molecule has 7 nitrogen and oxygen atoms in total. The highest BCUT2D eigenvalue weighted by molar-refractivity contribution is 6.33. The zero-order valence-corrected chi connectivity index (χ0v) is 15.3. The van der Waals surface area contributed by atoms with Crippen LogP contribution in [0.5, 0.6) is 0 Å². The molecule has 1 fully saturated rings. The van der Waals surface area contributed by atoms with E-state index in [1.165, 1.54) is 12.4 Å². The highest BCUT2D eigenvalue weighted by Gasteiger charge is 2.28. The molecule has 25 heavy (non-hydrogen) atoms. The van der Waals surface area contributed by atoms with Crippen molar-refractivity contribution in [1.29, 1.82) is 0 Å². The van der Waals surface area contributed by atoms with Gasteiger partial charge in [0.15, 0.2) is 0 Å². The number of aromatic nitrogens is 3. The van der Waals surface area contributed by atoms with E-state index in [2.05, 4.69) is 9.97 Å². The molecule has 0 saturated carbocycles. The molecule has 0 unspecified atom stereocenters. The van der Waals surface area contributed by atoms with Crippen LogP contribution < -0.4 is 5.56 Å². The molecule has 1 aliphatic rings. The summed E-state index contributed by atoms with van der Waals surface area (Å²) < 4.78 is 7.07. The van der Waals surface area contributed by atoms with Gasteiger partial charge in [0, 0.05) is 25.2 Å². The highest BCUT2D eigenvalue weighted by Crippen LogP contribution is 2.26. The minimum absolute atomic E-state index is 0.0409. The molecule has 0 atom stereocenters. The molecule has 3 rings (SSSR count). The van der Waals surface area contributed by atoms with Crippen LogP contribution in [0.4, 0.5) is 4.79 Å². The van der Waals surface area contributed by atoms with Gasteiger partial charge >= 0.3 is 6.09 Å². The number of likely N-dealkylation sites (tertiary alicyclic amines) is 1. The number of carbonyl (C=O) groups is 1. The molecule has 0 N–H and O–H groups in total. The molecule has 0 spiro atoms. The first-order valence-corrected chi connectivity index (χ1v) is 8.64. The Morgan fingerprint density at radius 1 is 1.24 bits per heavy atom. The Hall–Kier alpha value is -2.15. The molecule has 2 aromatic rings. The van der Waals surface area contributed by atoms with Crippen molar-refractivity contribution in [2.24, 2.45) is 0 Å². The van der Waals surface area contributed by atoms with Crippen LogP contribution in [0.1, 0.15) is 39.7 Å². The third kappa shape index (κ3) is 3.76. The normalized spacial score (nSPS) is 16.2. The fourth-order valence-electron chi connectivity index (χ4n) is 3.03. The van der Waals surface area contributed by atoms with Crippen LogP contribution in [0.25, 0.3) is 11.0 Å². The van der Waals surface area contributed by atoms with Crippen LogP contribution in [0.15, 0.2) is 23.3 Å². The van der Waals surface area contributed by atoms with Crippen LogP contribution in [-0.4, -0.2) is 44.2 Å². The van der Waals surface area contributed by atoms with Crippen molar-refractivity contribution in [1.82, 2.24) is 19.4 Å². The van der Waals surface area contributed by atoms with E-state index in [-0.39, 0.29) is 17.7 Å². The Morgan fingerprint density at radius 2 is 1.92 bits per heavy atom. The van der Waals surface area contributed by atoms with Gasteiger partial charge in [0.25, 0.3) is 5.56 Å². The second-order valence-corrected chi connectivity index (χ2v) is 7.50. The van der Waals surface area contributed by atoms with Crippen molar-refractivity contribution in [3.05, 3.63) is 34.0 Å². The molecule has 0 radical (unpaired) electrons. The van der Waals surface area contributed by atoms with E-state index in [0.29, 0.717) is 42.1 Å². The summed E-state index contributed by atoms with van der Waals surface area (Å²) in [5.74, 6) is 0. The van der Waals surface area contributed by atoms with E-state index >= 15 is 0 Å². The van der Waals surface area contributed by atoms with Gasteiger partial charge in [0.2, 0.25) is 0 Å². The third-order valence-electron chi connectivity index (χ3n) is 4.15. The van der Waals surface area contributed by atoms with Gasteiger partial charge in [-0.25, -0.2) is 14.8 Å². The number of halogens is 1. The van der Waals surface area contributed by atoms with Gasteiger partial charge in [-0.3, -0.25) is 9.36 Å². The molecule has 134 valence electrons. The van der Waals surface area contributed by atoms with E-state index in [9.17, 15) is 9.59 Å². The standard InChI is InChI=1S/C17H21ClN4O3/c1-17(2,3)25-16(24)21-8-6-11(7-9-21)22-13(23)5-4-12-14(18)19-10-20-15(12)22/h4-5,10-11H,6-9H2,1-3H3. The summed E-state index contributed by atoms with van der Waals surface area (Å²) in [5, 5.41) is 0.975. The SMILES string of the molecule is CC(C)(C)OC(=O)N1CCC(n2c(=O)ccc3c(Cl)ncnc32)CC1. The molecule has 1 aliphatic heterocycles. The van der Waals surface area contributed by atoms with E-state index in [0.717, 1.165) is 0 Å². The van der Waals surface area contributed by atoms with Crippen LogP contribution in [-0.2, 0) is 4.74 Å². The number of carbonyl (C=O) groups excluding carboxylic acids is 1. The zero-order valence-electron chi connectivity index (χ0n) is 14.5. The Balaban J connectivity index is 1.81. The molecule has 0 bridgehead atoms. The van der Waals surface area contributed by atoms with Gasteiger partial charge in [-0.05, 0) is 39.7 Å². The molecule has 2 aromatic heterocycles. The van der Waals surface area contributed by atoms with E-state index in [1.807, 2.05) is 20.8 Å². The maximum Gasteiger partial charge on any atom is 0.410 e. The lowest BCUT2D eigenvalue weighted by atomic mass is 10.0. The largest absolute Gasteiger partial charge is 0.444 e. The fraction of sp³-hybridized carbons (Fsp3) is 0.529. The van der Waals surface area contributed by atoms with Crippen molar-refractivity contribution in [3.63, 3.8) is 0 Å². The minimum Gasteiger partial charge on any atom is -0.444 e. The number of hydrogen-bond donors (Lipinski definition) is 0. The second kappa shape index (κ2) is 6.63. The van der Waals surface area contributed by atoms with Crippen molar-refractivity contribution in [2.45, 2.75) is 45.3 Å². The second-order valence-electron chi connectivity index (χ2n) is 7.14. The fourth-order valence-corrected chi connectivity index (χ4v) is 3.22. The van der Waals surface area contributed by atoms with Crippen LogP contribution >= 0.6 is 11.6 Å². The lowest BCUT2D eigenvalue weighted by molar-refractivity contribution is 0.0189. The Kier molecular flexibility index (Phi) is 4.69. The first-order chi connectivity index (χ1) is 11.8. The number of pyridine rings is 1. The number of fused-ring (bicyclic) bond motifs is 1. The number of ether oxygens (including phenoxy) is 1. The quantitative estimate of drug-likeness (QED) is 0.727. The van der Waals surface area contributed by atoms with E-state index < -0.39 is 5.60 Å². The maximum atomic E-state index is 12.4. The lowest BCUT2D eigenvalue weighted by Gasteiger charge is -2.34. The number of piperidine rings is 1. The predicted molar refractivity (Wildman–Crippen MR) is 94.9 cm³/mol. The molecule has 1 saturated heterocycles. The third-order valence-corrected chi connectivity index (χ3v) is 4.45. The minimum atomic E-state index is -0.520. The van der Waals surface area contributed by atoms with Gasteiger partial charge in [0.05, 0.1) is 5.39 Å². The van der Waals surface area contributed by atoms with Gasteiger partial charge in [0.1, 0.15) is 22.7 Å². The van der Waals surface area contributed by atoms with Crippen molar-refractivity contribution in [2.75, 3.05) is 13.1 Å². The summed E-state index contributed by atoms with van der Waals surface area (Å²) >= 11 is 6.11. The molecular formula is C17H21ClN4O3. The Bertz CT molecular complexity index is 851. The average Bonchev–Trinajstić information content (AvgIpc) is 2.53. The van der Waals surface area contributed by atoms with Crippen molar-refractivity contribution >= 4 is 28.7 Å². The monoisotopic (exact) mass is 364 g/mol. The van der Waals surface area contributed by atoms with Gasteiger partial charge < -0.3 is 9.64 Å². The van der Waals surface area contributed by atoms with Crippen LogP contribution in [0, 0.1) is 0 Å². The van der Waals surface area contributed by atoms with E-state index in [1.54, 1.807) is 15.5 Å². The van der Waals surface area contributed by atoms with Gasteiger partial charge in [-0.1, -0.05) is 11.6 Å². The number of amides is 1. The Labute approximate surface area is 150 Å². The summed E-state index contributed by atoms with van der Waals surface area (Å²) in [6, 6.07) is 3.09. The van der Waals surface area contributed by atoms with E-state index in [4.69, 9.17) is 16.3 Å². The smallest absolute Gasteiger partial charge is 0.410 e. The topological polar surface area (TPSA) is 77.3 Å². The number of hydrogen-bond acceptors (Lipinski definition) is 5.